The number of nitrogens with one attached hydrogen (secondary N) is 1. The van der Waals surface area contributed by atoms with Gasteiger partial charge in [0.25, 0.3) is 5.56 Å². The van der Waals surface area contributed by atoms with Gasteiger partial charge in [0.1, 0.15) is 11.7 Å². The highest BCUT2D eigenvalue weighted by Crippen LogP contribution is 2.29. The van der Waals surface area contributed by atoms with Gasteiger partial charge < -0.3 is 5.32 Å². The second-order valence-corrected chi connectivity index (χ2v) is 7.07. The molecule has 2 aromatic carbocycles. The van der Waals surface area contributed by atoms with Crippen molar-refractivity contribution in [2.24, 2.45) is 0 Å². The summed E-state index contributed by atoms with van der Waals surface area (Å²) in [6.45, 7) is 4.18. The molecule has 0 radical (unpaired) electrons. The minimum Gasteiger partial charge on any atom is -0.319 e. The van der Waals surface area contributed by atoms with Crippen LogP contribution in [-0.2, 0) is 11.0 Å². The van der Waals surface area contributed by atoms with Crippen LogP contribution in [0.1, 0.15) is 29.8 Å². The van der Waals surface area contributed by atoms with Gasteiger partial charge in [0.05, 0.1) is 11.0 Å². The summed E-state index contributed by atoms with van der Waals surface area (Å²) >= 11 is 0. The van der Waals surface area contributed by atoms with E-state index in [9.17, 15) is 40.3 Å². The Morgan fingerprint density at radius 2 is 1.53 bits per heavy atom. The molecule has 0 bridgehead atoms. The monoisotopic (exact) mass is 461 g/mol. The fraction of sp³-hybridized carbons (Fsp3) is 0.250. The molecule has 12 heteroatoms. The first-order valence-electron chi connectivity index (χ1n) is 8.98. The SMILES string of the molecule is Cc1cc2nc(C(F)(F)F)c(=O)n([C@@H](C)C(=O)Nc3c(F)c(F)cc(F)c3F)c2cc1C. The number of fused-ring (bicyclic) bond motifs is 1. The molecule has 0 aliphatic heterocycles. The van der Waals surface area contributed by atoms with Gasteiger partial charge >= 0.3 is 6.18 Å². The third kappa shape index (κ3) is 3.92. The molecule has 1 amide bonds. The summed E-state index contributed by atoms with van der Waals surface area (Å²) < 4.78 is 95.2. The lowest BCUT2D eigenvalue weighted by Crippen LogP contribution is -2.37. The fourth-order valence-electron chi connectivity index (χ4n) is 3.06. The van der Waals surface area contributed by atoms with Crippen LogP contribution in [0, 0.1) is 37.1 Å². The van der Waals surface area contributed by atoms with Crippen LogP contribution in [0.15, 0.2) is 23.0 Å². The molecule has 3 aromatic rings. The number of hydrogen-bond acceptors (Lipinski definition) is 3. The van der Waals surface area contributed by atoms with Crippen LogP contribution in [0.4, 0.5) is 36.4 Å². The zero-order valence-corrected chi connectivity index (χ0v) is 16.7. The molecule has 0 aliphatic carbocycles. The molecule has 0 spiro atoms. The number of amides is 1. The van der Waals surface area contributed by atoms with Crippen molar-refractivity contribution in [3.63, 3.8) is 0 Å². The number of carbonyl (C=O) groups excluding carboxylic acids is 1. The lowest BCUT2D eigenvalue weighted by Gasteiger charge is -2.20. The standard InChI is InChI=1S/C20H14F7N3O2/c1-7-4-12-13(5-8(7)2)30(19(32)17(28-12)20(25,26)27)9(3)18(31)29-16-14(23)10(21)6-11(22)15(16)24/h4-6,9H,1-3H3,(H,29,31)/t9-/m0/s1. The third-order valence-electron chi connectivity index (χ3n) is 4.90. The first-order valence-corrected chi connectivity index (χ1v) is 8.98. The van der Waals surface area contributed by atoms with Gasteiger partial charge in [-0.1, -0.05) is 0 Å². The van der Waals surface area contributed by atoms with E-state index in [2.05, 4.69) is 4.98 Å². The number of rotatable bonds is 3. The number of anilines is 1. The van der Waals surface area contributed by atoms with Crippen LogP contribution >= 0.6 is 0 Å². The Labute approximate surface area is 175 Å². The molecule has 170 valence electrons. The first kappa shape index (κ1) is 23.2. The highest BCUT2D eigenvalue weighted by molar-refractivity contribution is 5.94. The summed E-state index contributed by atoms with van der Waals surface area (Å²) in [5.41, 5.74) is -4.25. The molecule has 0 unspecified atom stereocenters. The van der Waals surface area contributed by atoms with Crippen LogP contribution in [0.25, 0.3) is 11.0 Å². The molecular formula is C20H14F7N3O2. The quantitative estimate of drug-likeness (QED) is 0.451. The van der Waals surface area contributed by atoms with Crippen molar-refractivity contribution in [3.8, 4) is 0 Å². The average molecular weight is 461 g/mol. The van der Waals surface area contributed by atoms with Crippen molar-refractivity contribution in [2.45, 2.75) is 33.0 Å². The molecule has 0 aliphatic rings. The zero-order chi connectivity index (χ0) is 24.1. The molecule has 0 saturated carbocycles. The summed E-state index contributed by atoms with van der Waals surface area (Å²) in [5, 5.41) is 1.60. The molecular weight excluding hydrogens is 447 g/mol. The highest BCUT2D eigenvalue weighted by atomic mass is 19.4. The number of nitrogens with zero attached hydrogens (tertiary/aromatic N) is 2. The number of alkyl halides is 3. The van der Waals surface area contributed by atoms with E-state index in [1.807, 2.05) is 0 Å². The van der Waals surface area contributed by atoms with Crippen molar-refractivity contribution < 1.29 is 35.5 Å². The Bertz CT molecular complexity index is 1290. The lowest BCUT2D eigenvalue weighted by molar-refractivity contribution is -0.142. The zero-order valence-electron chi connectivity index (χ0n) is 16.7. The van der Waals surface area contributed by atoms with E-state index in [0.717, 1.165) is 6.92 Å². The van der Waals surface area contributed by atoms with Gasteiger partial charge in [0.2, 0.25) is 11.6 Å². The van der Waals surface area contributed by atoms with E-state index in [0.29, 0.717) is 15.7 Å². The fourth-order valence-corrected chi connectivity index (χ4v) is 3.06. The minimum absolute atomic E-state index is 0.0780. The number of aryl methyl sites for hydroxylation is 2. The summed E-state index contributed by atoms with van der Waals surface area (Å²) in [4.78, 5) is 28.6. The normalized spacial score (nSPS) is 12.8. The molecule has 1 aromatic heterocycles. The van der Waals surface area contributed by atoms with Crippen molar-refractivity contribution in [2.75, 3.05) is 5.32 Å². The Morgan fingerprint density at radius 1 is 1.00 bits per heavy atom. The van der Waals surface area contributed by atoms with Gasteiger partial charge in [-0.2, -0.15) is 13.2 Å². The Hall–Kier alpha value is -3.44. The summed E-state index contributed by atoms with van der Waals surface area (Å²) in [6.07, 6.45) is -5.16. The predicted octanol–water partition coefficient (Wildman–Crippen LogP) is 4.79. The highest BCUT2D eigenvalue weighted by Gasteiger charge is 2.38. The number of aromatic nitrogens is 2. The van der Waals surface area contributed by atoms with Gasteiger partial charge in [-0.25, -0.2) is 22.5 Å². The Morgan fingerprint density at radius 3 is 2.06 bits per heavy atom. The average Bonchev–Trinajstić information content (AvgIpc) is 2.69. The summed E-state index contributed by atoms with van der Waals surface area (Å²) in [7, 11) is 0. The number of carbonyl (C=O) groups is 1. The maximum absolute atomic E-state index is 13.9. The molecule has 0 saturated heterocycles. The number of halogens is 7. The van der Waals surface area contributed by atoms with Crippen molar-refractivity contribution in [3.05, 3.63) is 68.6 Å². The largest absolute Gasteiger partial charge is 0.438 e. The van der Waals surface area contributed by atoms with E-state index in [1.54, 1.807) is 19.2 Å². The molecule has 3 rings (SSSR count). The van der Waals surface area contributed by atoms with E-state index in [-0.39, 0.29) is 17.1 Å². The Balaban J connectivity index is 2.21. The molecule has 0 fully saturated rings. The Kier molecular flexibility index (Phi) is 5.75. The van der Waals surface area contributed by atoms with Gasteiger partial charge in [-0.3, -0.25) is 14.2 Å². The van der Waals surface area contributed by atoms with Crippen molar-refractivity contribution >= 4 is 22.6 Å². The lowest BCUT2D eigenvalue weighted by atomic mass is 10.1. The van der Waals surface area contributed by atoms with Crippen molar-refractivity contribution in [1.82, 2.24) is 9.55 Å². The summed E-state index contributed by atoms with van der Waals surface area (Å²) in [6, 6.07) is 0.750. The summed E-state index contributed by atoms with van der Waals surface area (Å²) in [5.74, 6) is -8.83. The second kappa shape index (κ2) is 7.92. The number of hydrogen-bond donors (Lipinski definition) is 1. The smallest absolute Gasteiger partial charge is 0.319 e. The second-order valence-electron chi connectivity index (χ2n) is 7.07. The predicted molar refractivity (Wildman–Crippen MR) is 100 cm³/mol. The van der Waals surface area contributed by atoms with Gasteiger partial charge in [-0.05, 0) is 44.0 Å². The van der Waals surface area contributed by atoms with Gasteiger partial charge in [0.15, 0.2) is 23.3 Å². The maximum atomic E-state index is 13.9. The maximum Gasteiger partial charge on any atom is 0.438 e. The van der Waals surface area contributed by atoms with Crippen molar-refractivity contribution in [1.29, 1.82) is 0 Å². The molecule has 1 N–H and O–H groups in total. The number of benzene rings is 2. The molecule has 32 heavy (non-hydrogen) atoms. The van der Waals surface area contributed by atoms with Crippen LogP contribution in [0.5, 0.6) is 0 Å². The van der Waals surface area contributed by atoms with E-state index >= 15 is 0 Å². The van der Waals surface area contributed by atoms with E-state index in [1.165, 1.54) is 12.1 Å². The van der Waals surface area contributed by atoms with Crippen LogP contribution in [0.3, 0.4) is 0 Å². The van der Waals surface area contributed by atoms with Crippen LogP contribution in [-0.4, -0.2) is 15.5 Å². The minimum atomic E-state index is -5.16. The molecule has 1 heterocycles. The molecule has 1 atom stereocenters. The van der Waals surface area contributed by atoms with E-state index < -0.39 is 58.3 Å². The van der Waals surface area contributed by atoms with Gasteiger partial charge in [0, 0.05) is 6.07 Å². The topological polar surface area (TPSA) is 64.0 Å². The first-order chi connectivity index (χ1) is 14.7. The van der Waals surface area contributed by atoms with Crippen LogP contribution < -0.4 is 10.9 Å². The third-order valence-corrected chi connectivity index (χ3v) is 4.90. The molecule has 5 nitrogen and oxygen atoms in total. The van der Waals surface area contributed by atoms with E-state index in [4.69, 9.17) is 0 Å². The van der Waals surface area contributed by atoms with Gasteiger partial charge in [-0.15, -0.1) is 0 Å². The van der Waals surface area contributed by atoms with Crippen LogP contribution in [0.2, 0.25) is 0 Å².